The van der Waals surface area contributed by atoms with Gasteiger partial charge in [0.2, 0.25) is 0 Å². The molecule has 2 aromatic rings. The summed E-state index contributed by atoms with van der Waals surface area (Å²) in [5.41, 5.74) is 0. The second-order valence-corrected chi connectivity index (χ2v) is 6.19. The number of halogens is 1. The quantitative estimate of drug-likeness (QED) is 0.839. The molecule has 112 valence electrons. The van der Waals surface area contributed by atoms with Crippen molar-refractivity contribution < 1.29 is 4.74 Å². The third kappa shape index (κ3) is 3.76. The predicted octanol–water partition coefficient (Wildman–Crippen LogP) is 3.28. The number of ether oxygens (including phenoxy) is 1. The van der Waals surface area contributed by atoms with E-state index in [2.05, 4.69) is 62.5 Å². The summed E-state index contributed by atoms with van der Waals surface area (Å²) in [6, 6.07) is 12.5. The van der Waals surface area contributed by atoms with Crippen molar-refractivity contribution in [2.24, 2.45) is 0 Å². The summed E-state index contributed by atoms with van der Waals surface area (Å²) in [6.07, 6.45) is 1.07. The Morgan fingerprint density at radius 3 is 2.76 bits per heavy atom. The molecule has 0 atom stereocenters. The highest BCUT2D eigenvalue weighted by molar-refractivity contribution is 9.10. The Labute approximate surface area is 134 Å². The van der Waals surface area contributed by atoms with Gasteiger partial charge in [-0.25, -0.2) is 0 Å². The SMILES string of the molecule is Brc1c(OCCCN2CCNCC2)ccc2ccccc12. The lowest BCUT2D eigenvalue weighted by Crippen LogP contribution is -2.43. The standard InChI is InChI=1S/C17H21BrN2O/c18-17-15-5-2-1-4-14(15)6-7-16(17)21-13-3-10-20-11-8-19-9-12-20/h1-2,4-7,19H,3,8-13H2. The summed E-state index contributed by atoms with van der Waals surface area (Å²) in [5, 5.41) is 5.82. The second-order valence-electron chi connectivity index (χ2n) is 5.39. The van der Waals surface area contributed by atoms with Gasteiger partial charge in [0, 0.05) is 32.7 Å². The summed E-state index contributed by atoms with van der Waals surface area (Å²) in [6.45, 7) is 6.40. The van der Waals surface area contributed by atoms with Crippen LogP contribution in [0.2, 0.25) is 0 Å². The highest BCUT2D eigenvalue weighted by atomic mass is 79.9. The monoisotopic (exact) mass is 348 g/mol. The molecule has 3 rings (SSSR count). The molecule has 0 aliphatic carbocycles. The van der Waals surface area contributed by atoms with Crippen molar-refractivity contribution in [2.75, 3.05) is 39.3 Å². The third-order valence-corrected chi connectivity index (χ3v) is 4.73. The van der Waals surface area contributed by atoms with E-state index in [1.807, 2.05) is 0 Å². The van der Waals surface area contributed by atoms with Gasteiger partial charge < -0.3 is 15.0 Å². The van der Waals surface area contributed by atoms with Gasteiger partial charge in [-0.1, -0.05) is 30.3 Å². The number of nitrogens with one attached hydrogen (secondary N) is 1. The largest absolute Gasteiger partial charge is 0.492 e. The first kappa shape index (κ1) is 14.8. The van der Waals surface area contributed by atoms with E-state index >= 15 is 0 Å². The molecule has 1 heterocycles. The Morgan fingerprint density at radius 2 is 1.90 bits per heavy atom. The maximum Gasteiger partial charge on any atom is 0.134 e. The van der Waals surface area contributed by atoms with Gasteiger partial charge in [0.15, 0.2) is 0 Å². The lowest BCUT2D eigenvalue weighted by atomic mass is 10.1. The Bertz CT molecular complexity index is 596. The molecule has 1 aliphatic rings. The second kappa shape index (κ2) is 7.25. The Morgan fingerprint density at radius 1 is 1.10 bits per heavy atom. The molecule has 1 saturated heterocycles. The molecule has 4 heteroatoms. The van der Waals surface area contributed by atoms with Gasteiger partial charge in [-0.05, 0) is 39.2 Å². The normalized spacial score (nSPS) is 16.2. The predicted molar refractivity (Wildman–Crippen MR) is 91.1 cm³/mol. The van der Waals surface area contributed by atoms with E-state index < -0.39 is 0 Å². The molecule has 0 radical (unpaired) electrons. The van der Waals surface area contributed by atoms with Gasteiger partial charge in [0.1, 0.15) is 5.75 Å². The molecule has 0 aromatic heterocycles. The van der Waals surface area contributed by atoms with Gasteiger partial charge in [-0.3, -0.25) is 0 Å². The van der Waals surface area contributed by atoms with E-state index in [0.29, 0.717) is 0 Å². The maximum absolute atomic E-state index is 5.95. The first-order chi connectivity index (χ1) is 10.3. The molecule has 0 saturated carbocycles. The average molecular weight is 349 g/mol. The van der Waals surface area contributed by atoms with E-state index in [0.717, 1.165) is 56.0 Å². The van der Waals surface area contributed by atoms with Crippen LogP contribution in [-0.4, -0.2) is 44.2 Å². The fourth-order valence-electron chi connectivity index (χ4n) is 2.73. The summed E-state index contributed by atoms with van der Waals surface area (Å²) < 4.78 is 7.00. The maximum atomic E-state index is 5.95. The number of benzene rings is 2. The van der Waals surface area contributed by atoms with Crippen LogP contribution in [0.3, 0.4) is 0 Å². The van der Waals surface area contributed by atoms with Crippen molar-refractivity contribution in [1.29, 1.82) is 0 Å². The molecule has 1 aliphatic heterocycles. The van der Waals surface area contributed by atoms with E-state index in [9.17, 15) is 0 Å². The summed E-state index contributed by atoms with van der Waals surface area (Å²) >= 11 is 3.67. The molecule has 0 amide bonds. The first-order valence-electron chi connectivity index (χ1n) is 7.58. The highest BCUT2D eigenvalue weighted by Gasteiger charge is 2.09. The lowest BCUT2D eigenvalue weighted by molar-refractivity contribution is 0.213. The van der Waals surface area contributed by atoms with Crippen LogP contribution in [0.4, 0.5) is 0 Å². The van der Waals surface area contributed by atoms with Crippen LogP contribution in [0.1, 0.15) is 6.42 Å². The van der Waals surface area contributed by atoms with E-state index in [1.165, 1.54) is 10.8 Å². The molecule has 3 nitrogen and oxygen atoms in total. The molecule has 0 spiro atoms. The van der Waals surface area contributed by atoms with Crippen LogP contribution in [0.25, 0.3) is 10.8 Å². The first-order valence-corrected chi connectivity index (χ1v) is 8.37. The minimum atomic E-state index is 0.765. The zero-order valence-electron chi connectivity index (χ0n) is 12.1. The van der Waals surface area contributed by atoms with Gasteiger partial charge in [-0.15, -0.1) is 0 Å². The highest BCUT2D eigenvalue weighted by Crippen LogP contribution is 2.33. The Balaban J connectivity index is 1.54. The number of hydrogen-bond donors (Lipinski definition) is 1. The van der Waals surface area contributed by atoms with Crippen molar-refractivity contribution in [3.8, 4) is 5.75 Å². The van der Waals surface area contributed by atoms with Crippen molar-refractivity contribution in [3.05, 3.63) is 40.9 Å². The molecular weight excluding hydrogens is 328 g/mol. The number of nitrogens with zero attached hydrogens (tertiary/aromatic N) is 1. The van der Waals surface area contributed by atoms with E-state index in [1.54, 1.807) is 0 Å². The summed E-state index contributed by atoms with van der Waals surface area (Å²) in [7, 11) is 0. The van der Waals surface area contributed by atoms with Crippen molar-refractivity contribution in [3.63, 3.8) is 0 Å². The van der Waals surface area contributed by atoms with Crippen LogP contribution >= 0.6 is 15.9 Å². The number of piperazine rings is 1. The minimum Gasteiger partial charge on any atom is -0.492 e. The lowest BCUT2D eigenvalue weighted by Gasteiger charge is -2.27. The zero-order valence-corrected chi connectivity index (χ0v) is 13.7. The van der Waals surface area contributed by atoms with Crippen LogP contribution in [-0.2, 0) is 0 Å². The molecular formula is C17H21BrN2O. The van der Waals surface area contributed by atoms with E-state index in [-0.39, 0.29) is 0 Å². The molecule has 21 heavy (non-hydrogen) atoms. The molecule has 1 fully saturated rings. The van der Waals surface area contributed by atoms with Crippen LogP contribution in [0, 0.1) is 0 Å². The van der Waals surface area contributed by atoms with Crippen molar-refractivity contribution in [2.45, 2.75) is 6.42 Å². The third-order valence-electron chi connectivity index (χ3n) is 3.91. The number of hydrogen-bond acceptors (Lipinski definition) is 3. The van der Waals surface area contributed by atoms with Gasteiger partial charge >= 0.3 is 0 Å². The topological polar surface area (TPSA) is 24.5 Å². The number of fused-ring (bicyclic) bond motifs is 1. The summed E-state index contributed by atoms with van der Waals surface area (Å²) in [5.74, 6) is 0.939. The molecule has 0 unspecified atom stereocenters. The van der Waals surface area contributed by atoms with Gasteiger partial charge in [-0.2, -0.15) is 0 Å². The molecule has 1 N–H and O–H groups in total. The fraction of sp³-hybridized carbons (Fsp3) is 0.412. The van der Waals surface area contributed by atoms with Crippen molar-refractivity contribution in [1.82, 2.24) is 10.2 Å². The minimum absolute atomic E-state index is 0.765. The smallest absolute Gasteiger partial charge is 0.134 e. The van der Waals surface area contributed by atoms with Crippen LogP contribution in [0.5, 0.6) is 5.75 Å². The van der Waals surface area contributed by atoms with E-state index in [4.69, 9.17) is 4.74 Å². The molecule has 0 bridgehead atoms. The fourth-order valence-corrected chi connectivity index (χ4v) is 3.34. The molecule has 2 aromatic carbocycles. The van der Waals surface area contributed by atoms with Crippen molar-refractivity contribution >= 4 is 26.7 Å². The average Bonchev–Trinajstić information content (AvgIpc) is 2.55. The van der Waals surface area contributed by atoms with Crippen LogP contribution in [0.15, 0.2) is 40.9 Å². The Kier molecular flexibility index (Phi) is 5.12. The number of rotatable bonds is 5. The summed E-state index contributed by atoms with van der Waals surface area (Å²) in [4.78, 5) is 2.50. The van der Waals surface area contributed by atoms with Crippen LogP contribution < -0.4 is 10.1 Å². The Hall–Kier alpha value is -1.10. The zero-order chi connectivity index (χ0) is 14.5. The van der Waals surface area contributed by atoms with Gasteiger partial charge in [0.25, 0.3) is 0 Å². The van der Waals surface area contributed by atoms with Gasteiger partial charge in [0.05, 0.1) is 11.1 Å².